The lowest BCUT2D eigenvalue weighted by atomic mass is 10.2. The molecular formula is C14H17FN4. The molecule has 2 aromatic rings. The first-order valence-corrected chi connectivity index (χ1v) is 6.22. The fraction of sp³-hybridized carbons (Fsp3) is 0.286. The van der Waals surface area contributed by atoms with Crippen molar-refractivity contribution in [1.82, 2.24) is 9.97 Å². The molecule has 4 nitrogen and oxygen atoms in total. The molecule has 0 fully saturated rings. The largest absolute Gasteiger partial charge is 0.366 e. The van der Waals surface area contributed by atoms with Crippen LogP contribution in [0.2, 0.25) is 0 Å². The van der Waals surface area contributed by atoms with Crippen LogP contribution in [0, 0.1) is 5.82 Å². The number of nitrogens with zero attached hydrogens (tertiary/aromatic N) is 2. The maximum atomic E-state index is 13.5. The van der Waals surface area contributed by atoms with Gasteiger partial charge in [0.25, 0.3) is 0 Å². The number of aromatic nitrogens is 2. The molecular weight excluding hydrogens is 243 g/mol. The molecule has 0 aliphatic carbocycles. The number of benzene rings is 1. The molecule has 100 valence electrons. The molecule has 0 saturated carbocycles. The highest BCUT2D eigenvalue weighted by atomic mass is 19.1. The molecule has 0 aliphatic heterocycles. The Bertz CT molecular complexity index is 542. The zero-order valence-electron chi connectivity index (χ0n) is 11.0. The van der Waals surface area contributed by atoms with E-state index in [2.05, 4.69) is 20.6 Å². The van der Waals surface area contributed by atoms with Gasteiger partial charge in [-0.1, -0.05) is 18.2 Å². The maximum absolute atomic E-state index is 13.5. The van der Waals surface area contributed by atoms with Crippen molar-refractivity contribution < 1.29 is 4.39 Å². The van der Waals surface area contributed by atoms with Gasteiger partial charge >= 0.3 is 0 Å². The van der Waals surface area contributed by atoms with Gasteiger partial charge in [-0.15, -0.1) is 0 Å². The van der Waals surface area contributed by atoms with Crippen molar-refractivity contribution in [3.05, 3.63) is 47.9 Å². The summed E-state index contributed by atoms with van der Waals surface area (Å²) in [5.41, 5.74) is 0.611. The van der Waals surface area contributed by atoms with Crippen LogP contribution in [0.3, 0.4) is 0 Å². The Labute approximate surface area is 112 Å². The standard InChI is InChI=1S/C14H17FN4/c1-10(2)18-14-16-8-7-13(19-14)17-9-11-5-3-4-6-12(11)15/h3-8,10H,9H2,1-2H3,(H2,16,17,18,19). The van der Waals surface area contributed by atoms with Crippen molar-refractivity contribution >= 4 is 11.8 Å². The van der Waals surface area contributed by atoms with Crippen molar-refractivity contribution in [2.45, 2.75) is 26.4 Å². The molecule has 0 spiro atoms. The van der Waals surface area contributed by atoms with Gasteiger partial charge in [-0.25, -0.2) is 9.37 Å². The molecule has 0 radical (unpaired) electrons. The Morgan fingerprint density at radius 3 is 2.74 bits per heavy atom. The van der Waals surface area contributed by atoms with Crippen LogP contribution in [-0.2, 0) is 6.54 Å². The molecule has 0 bridgehead atoms. The monoisotopic (exact) mass is 260 g/mol. The zero-order valence-corrected chi connectivity index (χ0v) is 11.0. The predicted molar refractivity (Wildman–Crippen MR) is 74.5 cm³/mol. The fourth-order valence-electron chi connectivity index (χ4n) is 1.61. The van der Waals surface area contributed by atoms with E-state index in [0.29, 0.717) is 23.9 Å². The van der Waals surface area contributed by atoms with Crippen LogP contribution in [0.4, 0.5) is 16.2 Å². The third-order valence-electron chi connectivity index (χ3n) is 2.49. The fourth-order valence-corrected chi connectivity index (χ4v) is 1.61. The van der Waals surface area contributed by atoms with E-state index < -0.39 is 0 Å². The van der Waals surface area contributed by atoms with E-state index in [1.807, 2.05) is 19.9 Å². The average Bonchev–Trinajstić information content (AvgIpc) is 2.37. The molecule has 1 aromatic carbocycles. The van der Waals surface area contributed by atoms with E-state index >= 15 is 0 Å². The Balaban J connectivity index is 2.02. The minimum Gasteiger partial charge on any atom is -0.366 e. The normalized spacial score (nSPS) is 10.5. The highest BCUT2D eigenvalue weighted by molar-refractivity contribution is 5.40. The number of halogens is 1. The quantitative estimate of drug-likeness (QED) is 0.867. The van der Waals surface area contributed by atoms with Gasteiger partial charge in [0.15, 0.2) is 0 Å². The van der Waals surface area contributed by atoms with Gasteiger partial charge in [-0.05, 0) is 26.0 Å². The van der Waals surface area contributed by atoms with E-state index in [-0.39, 0.29) is 11.9 Å². The molecule has 19 heavy (non-hydrogen) atoms. The minimum absolute atomic E-state index is 0.218. The van der Waals surface area contributed by atoms with Gasteiger partial charge in [-0.2, -0.15) is 4.98 Å². The summed E-state index contributed by atoms with van der Waals surface area (Å²) in [5.74, 6) is 1.01. The van der Waals surface area contributed by atoms with Crippen LogP contribution in [0.5, 0.6) is 0 Å². The van der Waals surface area contributed by atoms with Crippen LogP contribution >= 0.6 is 0 Å². The highest BCUT2D eigenvalue weighted by Crippen LogP contribution is 2.11. The third-order valence-corrected chi connectivity index (χ3v) is 2.49. The maximum Gasteiger partial charge on any atom is 0.224 e. The highest BCUT2D eigenvalue weighted by Gasteiger charge is 2.03. The number of nitrogens with one attached hydrogen (secondary N) is 2. The Morgan fingerprint density at radius 2 is 2.00 bits per heavy atom. The van der Waals surface area contributed by atoms with E-state index in [1.54, 1.807) is 24.4 Å². The molecule has 2 rings (SSSR count). The van der Waals surface area contributed by atoms with Crippen molar-refractivity contribution in [3.8, 4) is 0 Å². The van der Waals surface area contributed by atoms with Crippen molar-refractivity contribution in [3.63, 3.8) is 0 Å². The van der Waals surface area contributed by atoms with Crippen LogP contribution in [0.25, 0.3) is 0 Å². The smallest absolute Gasteiger partial charge is 0.224 e. The van der Waals surface area contributed by atoms with Crippen molar-refractivity contribution in [2.24, 2.45) is 0 Å². The van der Waals surface area contributed by atoms with E-state index in [9.17, 15) is 4.39 Å². The summed E-state index contributed by atoms with van der Waals surface area (Å²) >= 11 is 0. The molecule has 2 N–H and O–H groups in total. The van der Waals surface area contributed by atoms with E-state index in [1.165, 1.54) is 6.07 Å². The van der Waals surface area contributed by atoms with Gasteiger partial charge in [0.1, 0.15) is 11.6 Å². The van der Waals surface area contributed by atoms with Crippen LogP contribution in [0.1, 0.15) is 19.4 Å². The van der Waals surface area contributed by atoms with Crippen LogP contribution in [-0.4, -0.2) is 16.0 Å². The summed E-state index contributed by atoms with van der Waals surface area (Å²) in [7, 11) is 0. The van der Waals surface area contributed by atoms with E-state index in [4.69, 9.17) is 0 Å². The summed E-state index contributed by atoms with van der Waals surface area (Å²) in [5, 5.41) is 6.20. The molecule has 1 heterocycles. The van der Waals surface area contributed by atoms with Gasteiger partial charge < -0.3 is 10.6 Å². The first-order valence-electron chi connectivity index (χ1n) is 6.22. The Hall–Kier alpha value is -2.17. The molecule has 5 heteroatoms. The number of rotatable bonds is 5. The second-order valence-corrected chi connectivity index (χ2v) is 4.51. The summed E-state index contributed by atoms with van der Waals surface area (Å²) < 4.78 is 13.5. The molecule has 0 amide bonds. The summed E-state index contributed by atoms with van der Waals surface area (Å²) in [4.78, 5) is 8.42. The molecule has 0 unspecified atom stereocenters. The Kier molecular flexibility index (Phi) is 4.28. The topological polar surface area (TPSA) is 49.8 Å². The molecule has 1 aromatic heterocycles. The lowest BCUT2D eigenvalue weighted by Crippen LogP contribution is -2.13. The first-order chi connectivity index (χ1) is 9.15. The lowest BCUT2D eigenvalue weighted by molar-refractivity contribution is 0.613. The second-order valence-electron chi connectivity index (χ2n) is 4.51. The Morgan fingerprint density at radius 1 is 1.21 bits per heavy atom. The number of anilines is 2. The SMILES string of the molecule is CC(C)Nc1nccc(NCc2ccccc2F)n1. The lowest BCUT2D eigenvalue weighted by Gasteiger charge is -2.10. The zero-order chi connectivity index (χ0) is 13.7. The molecule has 0 aliphatic rings. The second kappa shape index (κ2) is 6.13. The minimum atomic E-state index is -0.218. The third kappa shape index (κ3) is 3.91. The average molecular weight is 260 g/mol. The number of hydrogen-bond acceptors (Lipinski definition) is 4. The first kappa shape index (κ1) is 13.3. The number of hydrogen-bond donors (Lipinski definition) is 2. The van der Waals surface area contributed by atoms with Gasteiger partial charge in [0.2, 0.25) is 5.95 Å². The summed E-state index contributed by atoms with van der Waals surface area (Å²) in [6, 6.07) is 8.70. The van der Waals surface area contributed by atoms with Crippen LogP contribution < -0.4 is 10.6 Å². The predicted octanol–water partition coefficient (Wildman–Crippen LogP) is 3.05. The van der Waals surface area contributed by atoms with E-state index in [0.717, 1.165) is 0 Å². The van der Waals surface area contributed by atoms with Gasteiger partial charge in [0.05, 0.1) is 0 Å². The molecule has 0 saturated heterocycles. The van der Waals surface area contributed by atoms with Crippen molar-refractivity contribution in [2.75, 3.05) is 10.6 Å². The summed E-state index contributed by atoms with van der Waals surface area (Å²) in [6.45, 7) is 4.43. The molecule has 0 atom stereocenters. The van der Waals surface area contributed by atoms with Gasteiger partial charge in [-0.3, -0.25) is 0 Å². The van der Waals surface area contributed by atoms with Crippen LogP contribution in [0.15, 0.2) is 36.5 Å². The van der Waals surface area contributed by atoms with Crippen molar-refractivity contribution in [1.29, 1.82) is 0 Å². The summed E-state index contributed by atoms with van der Waals surface area (Å²) in [6.07, 6.45) is 1.67. The van der Waals surface area contributed by atoms with Gasteiger partial charge in [0, 0.05) is 24.3 Å².